The minimum Gasteiger partial charge on any atom is -0.455 e. The van der Waals surface area contributed by atoms with Crippen LogP contribution in [-0.4, -0.2) is 129 Å². The lowest BCUT2D eigenvalue weighted by Crippen LogP contribution is -2.86. The van der Waals surface area contributed by atoms with Gasteiger partial charge in [0.05, 0.1) is 0 Å². The molecule has 0 saturated carbocycles. The van der Waals surface area contributed by atoms with Crippen LogP contribution >= 0.6 is 0 Å². The molecule has 8 bridgehead atoms. The van der Waals surface area contributed by atoms with Crippen molar-refractivity contribution < 1.29 is 70.0 Å². The van der Waals surface area contributed by atoms with Crippen LogP contribution in [-0.2, 0) is 70.0 Å². The van der Waals surface area contributed by atoms with Crippen LogP contribution in [0.4, 0.5) is 0 Å². The van der Waals surface area contributed by atoms with E-state index in [1.165, 1.54) is 12.1 Å². The second-order valence-electron chi connectivity index (χ2n) is 22.3. The van der Waals surface area contributed by atoms with E-state index in [1.807, 2.05) is 0 Å². The quantitative estimate of drug-likeness (QED) is 0.212. The van der Waals surface area contributed by atoms with Gasteiger partial charge in [-0.15, -0.1) is 0 Å². The smallest absolute Gasteiger partial charge is 0.455 e. The molecule has 8 rings (SSSR count). The fraction of sp³-hybridized carbons (Fsp3) is 1.00. The molecular formula is C28H80O17Si15. The van der Waals surface area contributed by atoms with E-state index >= 15 is 0 Å². The van der Waals surface area contributed by atoms with Gasteiger partial charge in [0.2, 0.25) is 0 Å². The summed E-state index contributed by atoms with van der Waals surface area (Å²) in [5.74, 6) is 0.923. The van der Waals surface area contributed by atoms with E-state index in [-0.39, 0.29) is 0 Å². The first-order valence-electron chi connectivity index (χ1n) is 21.0. The Morgan fingerprint density at radius 2 is 0.400 bits per heavy atom. The van der Waals surface area contributed by atoms with E-state index in [1.54, 1.807) is 52.4 Å². The number of hydrogen-bond acceptors (Lipinski definition) is 17. The lowest BCUT2D eigenvalue weighted by Gasteiger charge is -2.60. The zero-order valence-electron chi connectivity index (χ0n) is 41.4. The second kappa shape index (κ2) is 17.2. The van der Waals surface area contributed by atoms with Crippen molar-refractivity contribution in [2.45, 2.75) is 176 Å². The van der Waals surface area contributed by atoms with E-state index in [0.717, 1.165) is 5.92 Å². The highest BCUT2D eigenvalue weighted by Gasteiger charge is 2.78. The van der Waals surface area contributed by atoms with Crippen molar-refractivity contribution in [2.75, 3.05) is 0 Å². The van der Waals surface area contributed by atoms with Crippen LogP contribution in [0.2, 0.25) is 169 Å². The highest BCUT2D eigenvalue weighted by Crippen LogP contribution is 2.48. The standard InChI is InChI=1S/C8H24O12Si8.C8H24O4Si4.C8H20OSi2.C4H12Si/c1-21-9-22(2)12-25(5)14-23(3,10-21)16-27(7)17-24(4,11-21)15-26(6,13-22)19-28(8,18-25)20-27;1-13(2)9-14(3,4)11-16(7,8)12-15(5,6)10-13;1-8-6-10(2,3)9-11(4,5)7-8;1-5(2,3)4/h1-8H3;1-8H3;8H,6-7H2,1-5H3;1-4H3. The van der Waals surface area contributed by atoms with Crippen LogP contribution in [0.1, 0.15) is 6.92 Å². The molecule has 8 heterocycles. The first kappa shape index (κ1) is 55.2. The summed E-state index contributed by atoms with van der Waals surface area (Å²) in [6.45, 7) is 51.7. The van der Waals surface area contributed by atoms with Crippen molar-refractivity contribution in [3.63, 3.8) is 0 Å². The zero-order chi connectivity index (χ0) is 46.5. The highest BCUT2D eigenvalue weighted by molar-refractivity contribution is 7.02. The molecule has 0 N–H and O–H groups in total. The maximum Gasteiger partial charge on any atom is 0.475 e. The Hall–Kier alpha value is 2.57. The van der Waals surface area contributed by atoms with E-state index in [0.29, 0.717) is 0 Å². The van der Waals surface area contributed by atoms with Gasteiger partial charge < -0.3 is 70.0 Å². The van der Waals surface area contributed by atoms with Crippen LogP contribution < -0.4 is 0 Å². The van der Waals surface area contributed by atoms with Crippen molar-refractivity contribution in [1.29, 1.82) is 0 Å². The van der Waals surface area contributed by atoms with E-state index in [4.69, 9.17) is 70.0 Å². The van der Waals surface area contributed by atoms with Gasteiger partial charge in [-0.05, 0) is 96.6 Å². The molecule has 0 unspecified atom stereocenters. The van der Waals surface area contributed by atoms with Crippen LogP contribution in [0.5, 0.6) is 0 Å². The largest absolute Gasteiger partial charge is 0.475 e. The van der Waals surface area contributed by atoms with Gasteiger partial charge in [-0.3, -0.25) is 0 Å². The van der Waals surface area contributed by atoms with Crippen LogP contribution in [0.15, 0.2) is 0 Å². The number of hydrogen-bond donors (Lipinski definition) is 0. The Balaban J connectivity index is 0.000000209. The lowest BCUT2D eigenvalue weighted by molar-refractivity contribution is -0.0175. The van der Waals surface area contributed by atoms with Gasteiger partial charge in [-0.2, -0.15) is 0 Å². The molecular weight excluding hydrogens is 1030 g/mol. The molecule has 60 heavy (non-hydrogen) atoms. The molecule has 0 aliphatic carbocycles. The topological polar surface area (TPSA) is 157 Å². The highest BCUT2D eigenvalue weighted by atomic mass is 28.6. The van der Waals surface area contributed by atoms with Crippen molar-refractivity contribution >= 4 is 129 Å². The predicted octanol–water partition coefficient (Wildman–Crippen LogP) is 8.69. The normalized spacial score (nSPS) is 45.8. The molecule has 0 aromatic rings. The summed E-state index contributed by atoms with van der Waals surface area (Å²) >= 11 is 0. The molecule has 0 radical (unpaired) electrons. The van der Waals surface area contributed by atoms with Crippen LogP contribution in [0.3, 0.4) is 0 Å². The summed E-state index contributed by atoms with van der Waals surface area (Å²) < 4.78 is 108. The van der Waals surface area contributed by atoms with Gasteiger partial charge in [-0.25, -0.2) is 0 Å². The SMILES string of the molecule is CC1C[Si](C)(C)O[Si](C)(C)C1.C[Si](C)(C)C.C[Si]1(C)O[Si](C)(C)O[Si](C)(C)O[Si](C)(C)O1.C[Si]12O[Si]3(C)O[Si]4(C)O[Si](C)(O1)O[Si]1(C)O[Si](C)(O2)O[Si](C)(O3)O[Si](C)(O4)O1. The Morgan fingerprint density at radius 1 is 0.267 bits per heavy atom. The molecule has 0 aromatic heterocycles. The van der Waals surface area contributed by atoms with Gasteiger partial charge in [0, 0.05) is 60.4 Å². The van der Waals surface area contributed by atoms with Crippen molar-refractivity contribution in [3.05, 3.63) is 0 Å². The van der Waals surface area contributed by atoms with Crippen LogP contribution in [0, 0.1) is 5.92 Å². The first-order valence-corrected chi connectivity index (χ1v) is 60.3. The number of rotatable bonds is 0. The van der Waals surface area contributed by atoms with Gasteiger partial charge in [-0.1, -0.05) is 33.1 Å². The lowest BCUT2D eigenvalue weighted by atomic mass is 10.3. The minimum atomic E-state index is -3.40. The molecule has 8 fully saturated rings. The molecule has 0 amide bonds. The Morgan fingerprint density at radius 3 is 0.517 bits per heavy atom. The minimum absolute atomic E-state index is 0.611. The summed E-state index contributed by atoms with van der Waals surface area (Å²) in [4.78, 5) is 0. The van der Waals surface area contributed by atoms with E-state index < -0.39 is 129 Å². The Bertz CT molecular complexity index is 1230. The summed E-state index contributed by atoms with van der Waals surface area (Å²) in [6.07, 6.45) is 0. The van der Waals surface area contributed by atoms with E-state index in [9.17, 15) is 0 Å². The molecule has 8 saturated heterocycles. The van der Waals surface area contributed by atoms with Crippen molar-refractivity contribution in [3.8, 4) is 0 Å². The Labute approximate surface area is 378 Å². The molecule has 8 aliphatic heterocycles. The third-order valence-corrected chi connectivity index (χ3v) is 67.8. The molecule has 0 spiro atoms. The van der Waals surface area contributed by atoms with Crippen molar-refractivity contribution in [2.24, 2.45) is 5.92 Å². The molecule has 354 valence electrons. The van der Waals surface area contributed by atoms with Gasteiger partial charge in [0.15, 0.2) is 16.6 Å². The van der Waals surface area contributed by atoms with Crippen LogP contribution in [0.25, 0.3) is 0 Å². The zero-order valence-corrected chi connectivity index (χ0v) is 56.4. The molecule has 0 atom stereocenters. The van der Waals surface area contributed by atoms with E-state index in [2.05, 4.69) is 112 Å². The fourth-order valence-electron chi connectivity index (χ4n) is 9.57. The third kappa shape index (κ3) is 16.4. The Kier molecular flexibility index (Phi) is 15.8. The van der Waals surface area contributed by atoms with Crippen molar-refractivity contribution in [1.82, 2.24) is 0 Å². The molecule has 0 aromatic carbocycles. The predicted molar refractivity (Wildman–Crippen MR) is 264 cm³/mol. The summed E-state index contributed by atoms with van der Waals surface area (Å²) in [5.41, 5.74) is 0. The average molecular weight is 1110 g/mol. The maximum atomic E-state index is 6.39. The first-order chi connectivity index (χ1) is 26.1. The van der Waals surface area contributed by atoms with Gasteiger partial charge >= 0.3 is 105 Å². The summed E-state index contributed by atoms with van der Waals surface area (Å²) in [7, 11) is -38.7. The summed E-state index contributed by atoms with van der Waals surface area (Å²) in [5, 5.41) is 0. The third-order valence-electron chi connectivity index (χ3n) is 8.65. The van der Waals surface area contributed by atoms with Gasteiger partial charge in [0.1, 0.15) is 0 Å². The second-order valence-corrected chi connectivity index (χ2v) is 75.0. The average Bonchev–Trinajstić information content (AvgIpc) is 2.75. The maximum absolute atomic E-state index is 6.39. The van der Waals surface area contributed by atoms with Gasteiger partial charge in [0.25, 0.3) is 0 Å². The monoisotopic (exact) mass is 1110 g/mol. The molecule has 8 aliphatic rings. The fourth-order valence-corrected chi connectivity index (χ4v) is 86.6. The molecule has 17 nitrogen and oxygen atoms in total. The summed E-state index contributed by atoms with van der Waals surface area (Å²) in [6, 6.07) is 2.73. The molecule has 32 heteroatoms.